The van der Waals surface area contributed by atoms with E-state index in [4.69, 9.17) is 28.4 Å². The molecule has 11 heteroatoms. The molecule has 7 atom stereocenters. The molecule has 2 aromatic rings. The summed E-state index contributed by atoms with van der Waals surface area (Å²) in [6, 6.07) is 17.0. The van der Waals surface area contributed by atoms with Gasteiger partial charge in [-0.05, 0) is 45.7 Å². The van der Waals surface area contributed by atoms with Crippen molar-refractivity contribution < 1.29 is 43.1 Å². The molecule has 3 heterocycles. The second-order valence-corrected chi connectivity index (χ2v) is 12.3. The molecule has 0 aliphatic carbocycles. The molecule has 0 aromatic heterocycles. The number of rotatable bonds is 10. The molecule has 234 valence electrons. The minimum absolute atomic E-state index is 0.118. The summed E-state index contributed by atoms with van der Waals surface area (Å²) < 4.78 is 35.7. The van der Waals surface area contributed by atoms with Gasteiger partial charge in [0.25, 0.3) is 0 Å². The first kappa shape index (κ1) is 31.5. The number of nitrogens with zero attached hydrogens (tertiary/aromatic N) is 1. The Morgan fingerprint density at radius 1 is 0.930 bits per heavy atom. The van der Waals surface area contributed by atoms with Crippen molar-refractivity contribution in [2.75, 3.05) is 13.7 Å². The van der Waals surface area contributed by atoms with Gasteiger partial charge in [0.1, 0.15) is 36.0 Å². The van der Waals surface area contributed by atoms with E-state index in [1.54, 1.807) is 27.7 Å². The topological polar surface area (TPSA) is 125 Å². The van der Waals surface area contributed by atoms with Gasteiger partial charge in [0.15, 0.2) is 17.9 Å². The second kappa shape index (κ2) is 12.2. The van der Waals surface area contributed by atoms with Gasteiger partial charge in [-0.2, -0.15) is 0 Å². The molecule has 5 rings (SSSR count). The van der Waals surface area contributed by atoms with Crippen LogP contribution in [0.2, 0.25) is 0 Å². The van der Waals surface area contributed by atoms with Crippen LogP contribution in [0.1, 0.15) is 45.7 Å². The predicted molar refractivity (Wildman–Crippen MR) is 154 cm³/mol. The molecule has 0 unspecified atom stereocenters. The summed E-state index contributed by atoms with van der Waals surface area (Å²) in [5, 5.41) is 15.8. The van der Waals surface area contributed by atoms with Gasteiger partial charge in [-0.3, -0.25) is 9.69 Å². The van der Waals surface area contributed by atoms with Crippen molar-refractivity contribution in [1.29, 1.82) is 0 Å². The first-order valence-corrected chi connectivity index (χ1v) is 14.6. The van der Waals surface area contributed by atoms with Gasteiger partial charge >= 0.3 is 5.97 Å². The van der Waals surface area contributed by atoms with Crippen LogP contribution in [0.4, 0.5) is 0 Å². The number of benzene rings is 2. The lowest BCUT2D eigenvalue weighted by Gasteiger charge is -2.45. The summed E-state index contributed by atoms with van der Waals surface area (Å²) in [7, 11) is 1.25. The van der Waals surface area contributed by atoms with E-state index in [1.807, 2.05) is 65.6 Å². The van der Waals surface area contributed by atoms with Crippen LogP contribution in [-0.4, -0.2) is 89.5 Å². The van der Waals surface area contributed by atoms with Gasteiger partial charge in [0.2, 0.25) is 5.91 Å². The molecule has 0 saturated carbocycles. The van der Waals surface area contributed by atoms with Crippen LogP contribution in [0, 0.1) is 0 Å². The van der Waals surface area contributed by atoms with Gasteiger partial charge in [-0.15, -0.1) is 0 Å². The fourth-order valence-electron chi connectivity index (χ4n) is 6.19. The molecule has 3 aliphatic heterocycles. The van der Waals surface area contributed by atoms with E-state index in [9.17, 15) is 14.7 Å². The minimum atomic E-state index is -2.02. The number of carbonyl (C=O) groups is 2. The summed E-state index contributed by atoms with van der Waals surface area (Å²) in [6.07, 6.45) is -3.89. The van der Waals surface area contributed by atoms with Gasteiger partial charge in [-0.1, -0.05) is 60.7 Å². The van der Waals surface area contributed by atoms with Gasteiger partial charge in [0.05, 0.1) is 13.7 Å². The van der Waals surface area contributed by atoms with Crippen LogP contribution in [0.5, 0.6) is 0 Å². The van der Waals surface area contributed by atoms with Crippen LogP contribution < -0.4 is 5.32 Å². The summed E-state index contributed by atoms with van der Waals surface area (Å²) >= 11 is 0. The Kier molecular flexibility index (Phi) is 8.97. The molecule has 0 spiro atoms. The maximum absolute atomic E-state index is 14.5. The lowest BCUT2D eigenvalue weighted by Crippen LogP contribution is -2.70. The second-order valence-electron chi connectivity index (χ2n) is 12.3. The molecule has 3 aliphatic rings. The molecule has 2 N–H and O–H groups in total. The summed E-state index contributed by atoms with van der Waals surface area (Å²) in [5.41, 5.74) is -0.187. The Bertz CT molecular complexity index is 1230. The summed E-state index contributed by atoms with van der Waals surface area (Å²) in [6.45, 7) is 9.21. The Hall–Kier alpha value is -2.90. The highest BCUT2D eigenvalue weighted by atomic mass is 16.8. The molecule has 3 fully saturated rings. The SMILES string of the molecule is COC(=O)[C@H](C)NC(=O)[C@@H](N(Cc1ccccc1)Cc1ccccc1)[C@@]1(O)[C@@H]([C@H]2COC(C)(C)O2)O[C@@H]2OC(C)(C)O[C@@H]21. The number of esters is 1. The van der Waals surface area contributed by atoms with Crippen LogP contribution >= 0.6 is 0 Å². The molecular formula is C32H42N2O9. The van der Waals surface area contributed by atoms with E-state index in [0.717, 1.165) is 11.1 Å². The van der Waals surface area contributed by atoms with E-state index >= 15 is 0 Å². The van der Waals surface area contributed by atoms with E-state index in [0.29, 0.717) is 0 Å². The number of aliphatic hydroxyl groups is 1. The zero-order chi connectivity index (χ0) is 31.0. The lowest BCUT2D eigenvalue weighted by molar-refractivity contribution is -0.256. The van der Waals surface area contributed by atoms with Crippen molar-refractivity contribution in [3.63, 3.8) is 0 Å². The summed E-state index contributed by atoms with van der Waals surface area (Å²) in [4.78, 5) is 28.8. The highest BCUT2D eigenvalue weighted by molar-refractivity contribution is 5.88. The van der Waals surface area contributed by atoms with Crippen molar-refractivity contribution in [3.8, 4) is 0 Å². The quantitative estimate of drug-likeness (QED) is 0.394. The first-order valence-electron chi connectivity index (χ1n) is 14.6. The van der Waals surface area contributed by atoms with Gasteiger partial charge in [-0.25, -0.2) is 4.79 Å². The largest absolute Gasteiger partial charge is 0.467 e. The van der Waals surface area contributed by atoms with Crippen molar-refractivity contribution >= 4 is 11.9 Å². The lowest BCUT2D eigenvalue weighted by atomic mass is 9.80. The Morgan fingerprint density at radius 2 is 1.51 bits per heavy atom. The molecular weight excluding hydrogens is 556 g/mol. The third-order valence-electron chi connectivity index (χ3n) is 8.04. The molecule has 2 aromatic carbocycles. The average Bonchev–Trinajstić information content (AvgIpc) is 3.57. The highest BCUT2D eigenvalue weighted by Gasteiger charge is 2.70. The van der Waals surface area contributed by atoms with Crippen LogP contribution in [0.25, 0.3) is 0 Å². The highest BCUT2D eigenvalue weighted by Crippen LogP contribution is 2.49. The van der Waals surface area contributed by atoms with E-state index < -0.39 is 65.7 Å². The number of hydrogen-bond donors (Lipinski definition) is 2. The fourth-order valence-corrected chi connectivity index (χ4v) is 6.19. The van der Waals surface area contributed by atoms with Crippen molar-refractivity contribution in [2.45, 2.75) is 102 Å². The van der Waals surface area contributed by atoms with E-state index in [-0.39, 0.29) is 19.7 Å². The number of fused-ring (bicyclic) bond motifs is 1. The summed E-state index contributed by atoms with van der Waals surface area (Å²) in [5.74, 6) is -3.25. The zero-order valence-electron chi connectivity index (χ0n) is 25.5. The number of hydrogen-bond acceptors (Lipinski definition) is 10. The molecule has 0 radical (unpaired) electrons. The molecule has 0 bridgehead atoms. The first-order chi connectivity index (χ1) is 20.3. The average molecular weight is 599 g/mol. The fraction of sp³-hybridized carbons (Fsp3) is 0.562. The third kappa shape index (κ3) is 6.63. The van der Waals surface area contributed by atoms with Crippen molar-refractivity contribution in [2.24, 2.45) is 0 Å². The van der Waals surface area contributed by atoms with Crippen LogP contribution in [-0.2, 0) is 51.1 Å². The van der Waals surface area contributed by atoms with E-state index in [1.165, 1.54) is 14.0 Å². The van der Waals surface area contributed by atoms with Gasteiger partial charge in [0, 0.05) is 13.1 Å². The predicted octanol–water partition coefficient (Wildman–Crippen LogP) is 2.49. The van der Waals surface area contributed by atoms with Crippen molar-refractivity contribution in [1.82, 2.24) is 10.2 Å². The van der Waals surface area contributed by atoms with E-state index in [2.05, 4.69) is 5.32 Å². The number of nitrogens with one attached hydrogen (secondary N) is 1. The number of ether oxygens (including phenoxy) is 6. The Labute approximate surface area is 252 Å². The molecule has 11 nitrogen and oxygen atoms in total. The standard InChI is InChI=1S/C32H42N2O9/c1-20(28(36)38-6)33-27(35)24(34(17-21-13-9-7-10-14-21)18-22-15-11-8-12-16-22)32(37)25(23-19-39-30(2,3)41-23)40-29-26(32)42-31(4,5)43-29/h7-16,20,23-26,29,37H,17-19H2,1-6H3,(H,33,35)/t20-,23+,24+,25+,26-,29+,32+/m0/s1. The maximum Gasteiger partial charge on any atom is 0.328 e. The number of amides is 1. The van der Waals surface area contributed by atoms with Crippen molar-refractivity contribution in [3.05, 3.63) is 71.8 Å². The van der Waals surface area contributed by atoms with Crippen LogP contribution in [0.15, 0.2) is 60.7 Å². The number of methoxy groups -OCH3 is 1. The smallest absolute Gasteiger partial charge is 0.328 e. The van der Waals surface area contributed by atoms with Gasteiger partial charge < -0.3 is 38.8 Å². The number of carbonyl (C=O) groups excluding carboxylic acids is 2. The Balaban J connectivity index is 1.63. The molecule has 43 heavy (non-hydrogen) atoms. The zero-order valence-corrected chi connectivity index (χ0v) is 25.5. The normalized spacial score (nSPS) is 30.5. The molecule has 1 amide bonds. The minimum Gasteiger partial charge on any atom is -0.467 e. The Morgan fingerprint density at radius 3 is 2.02 bits per heavy atom. The monoisotopic (exact) mass is 598 g/mol. The molecule has 3 saturated heterocycles. The third-order valence-corrected chi connectivity index (χ3v) is 8.04. The van der Waals surface area contributed by atoms with Crippen LogP contribution in [0.3, 0.4) is 0 Å². The maximum atomic E-state index is 14.5.